The Morgan fingerprint density at radius 1 is 1.40 bits per heavy atom. The Kier molecular flexibility index (Phi) is 3.44. The molecule has 0 fully saturated rings. The number of amides is 1. The summed E-state index contributed by atoms with van der Waals surface area (Å²) in [6.45, 7) is 4.85. The molecule has 2 unspecified atom stereocenters. The van der Waals surface area contributed by atoms with Crippen molar-refractivity contribution in [1.29, 1.82) is 0 Å². The van der Waals surface area contributed by atoms with E-state index in [1.807, 2.05) is 0 Å². The molecule has 5 heteroatoms. The number of aliphatic hydroxyl groups is 1. The van der Waals surface area contributed by atoms with Gasteiger partial charge >= 0.3 is 0 Å². The van der Waals surface area contributed by atoms with Crippen LogP contribution >= 0.6 is 0 Å². The summed E-state index contributed by atoms with van der Waals surface area (Å²) < 4.78 is 0. The van der Waals surface area contributed by atoms with Gasteiger partial charge in [0.2, 0.25) is 5.91 Å². The van der Waals surface area contributed by atoms with Gasteiger partial charge in [0.1, 0.15) is 0 Å². The molecule has 0 aliphatic heterocycles. The highest BCUT2D eigenvalue weighted by atomic mass is 16.3. The Labute approximate surface area is 118 Å². The molecule has 3 N–H and O–H groups in total. The van der Waals surface area contributed by atoms with E-state index < -0.39 is 17.6 Å². The summed E-state index contributed by atoms with van der Waals surface area (Å²) in [5, 5.41) is 10.2. The van der Waals surface area contributed by atoms with Crippen molar-refractivity contribution in [2.24, 2.45) is 11.1 Å². The van der Waals surface area contributed by atoms with E-state index in [9.17, 15) is 14.7 Å². The molecule has 0 aromatic heterocycles. The maximum Gasteiger partial charge on any atom is 0.223 e. The fourth-order valence-electron chi connectivity index (χ4n) is 2.52. The third-order valence-corrected chi connectivity index (χ3v) is 4.16. The van der Waals surface area contributed by atoms with Crippen molar-refractivity contribution in [3.8, 4) is 0 Å². The van der Waals surface area contributed by atoms with Gasteiger partial charge in [-0.15, -0.1) is 0 Å². The molecule has 0 bridgehead atoms. The van der Waals surface area contributed by atoms with Gasteiger partial charge in [-0.25, -0.2) is 0 Å². The van der Waals surface area contributed by atoms with E-state index in [0.717, 1.165) is 0 Å². The number of fused-ring (bicyclic) bond motifs is 1. The minimum absolute atomic E-state index is 0.110. The second kappa shape index (κ2) is 4.68. The van der Waals surface area contributed by atoms with Crippen LogP contribution in [0.2, 0.25) is 0 Å². The molecule has 0 saturated carbocycles. The molecule has 1 aliphatic rings. The van der Waals surface area contributed by atoms with Gasteiger partial charge in [0.25, 0.3) is 0 Å². The van der Waals surface area contributed by atoms with Crippen LogP contribution in [0.3, 0.4) is 0 Å². The highest BCUT2D eigenvalue weighted by molar-refractivity contribution is 6.04. The monoisotopic (exact) mass is 276 g/mol. The SMILES string of the molecule is CC(=O)N(C)c1ccc2c(c1)C(N)C(O)C(C)(C)C2=O. The van der Waals surface area contributed by atoms with Crippen molar-refractivity contribution in [3.05, 3.63) is 29.3 Å². The van der Waals surface area contributed by atoms with Gasteiger partial charge in [-0.2, -0.15) is 0 Å². The molecule has 1 aliphatic carbocycles. The minimum atomic E-state index is -0.944. The third kappa shape index (κ3) is 2.03. The zero-order valence-electron chi connectivity index (χ0n) is 12.2. The molecule has 1 aromatic carbocycles. The molecule has 2 atom stereocenters. The fraction of sp³-hybridized carbons (Fsp3) is 0.467. The van der Waals surface area contributed by atoms with Crippen molar-refractivity contribution >= 4 is 17.4 Å². The summed E-state index contributed by atoms with van der Waals surface area (Å²) >= 11 is 0. The number of hydrogen-bond acceptors (Lipinski definition) is 4. The van der Waals surface area contributed by atoms with E-state index in [-0.39, 0.29) is 11.7 Å². The van der Waals surface area contributed by atoms with Crippen LogP contribution in [-0.4, -0.2) is 29.9 Å². The molecular formula is C15H20N2O3. The predicted molar refractivity (Wildman–Crippen MR) is 76.6 cm³/mol. The first-order valence-electron chi connectivity index (χ1n) is 6.54. The number of rotatable bonds is 1. The number of nitrogens with zero attached hydrogens (tertiary/aromatic N) is 1. The van der Waals surface area contributed by atoms with Crippen LogP contribution in [-0.2, 0) is 4.79 Å². The van der Waals surface area contributed by atoms with Crippen molar-refractivity contribution in [2.75, 3.05) is 11.9 Å². The van der Waals surface area contributed by atoms with Crippen LogP contribution in [0.25, 0.3) is 0 Å². The third-order valence-electron chi connectivity index (χ3n) is 4.16. The van der Waals surface area contributed by atoms with E-state index in [1.165, 1.54) is 11.8 Å². The molecule has 1 amide bonds. The number of Topliss-reactive ketones (excluding diaryl/α,β-unsaturated/α-hetero) is 1. The largest absolute Gasteiger partial charge is 0.390 e. The lowest BCUT2D eigenvalue weighted by atomic mass is 9.69. The van der Waals surface area contributed by atoms with Crippen molar-refractivity contribution in [3.63, 3.8) is 0 Å². The normalized spacial score (nSPS) is 24.2. The van der Waals surface area contributed by atoms with Gasteiger partial charge in [0.05, 0.1) is 17.6 Å². The van der Waals surface area contributed by atoms with E-state index in [4.69, 9.17) is 5.73 Å². The minimum Gasteiger partial charge on any atom is -0.390 e. The highest BCUT2D eigenvalue weighted by Crippen LogP contribution is 2.40. The first-order valence-corrected chi connectivity index (χ1v) is 6.54. The van der Waals surface area contributed by atoms with Crippen molar-refractivity contribution < 1.29 is 14.7 Å². The Balaban J connectivity index is 2.55. The Hall–Kier alpha value is -1.72. The van der Waals surface area contributed by atoms with Gasteiger partial charge in [-0.05, 0) is 37.6 Å². The molecule has 20 heavy (non-hydrogen) atoms. The van der Waals surface area contributed by atoms with Crippen LogP contribution in [0.5, 0.6) is 0 Å². The number of ketones is 1. The van der Waals surface area contributed by atoms with E-state index in [1.54, 1.807) is 39.1 Å². The van der Waals surface area contributed by atoms with Crippen molar-refractivity contribution in [2.45, 2.75) is 32.9 Å². The van der Waals surface area contributed by atoms with Crippen LogP contribution in [0, 0.1) is 5.41 Å². The number of nitrogens with two attached hydrogens (primary N) is 1. The summed E-state index contributed by atoms with van der Waals surface area (Å²) in [6, 6.07) is 4.47. The summed E-state index contributed by atoms with van der Waals surface area (Å²) in [5.74, 6) is -0.236. The lowest BCUT2D eigenvalue weighted by molar-refractivity contribution is -0.116. The average Bonchev–Trinajstić information content (AvgIpc) is 2.41. The molecule has 108 valence electrons. The van der Waals surface area contributed by atoms with Gasteiger partial charge in [-0.3, -0.25) is 9.59 Å². The van der Waals surface area contributed by atoms with Gasteiger partial charge in [-0.1, -0.05) is 0 Å². The quantitative estimate of drug-likeness (QED) is 0.808. The van der Waals surface area contributed by atoms with Gasteiger partial charge < -0.3 is 15.7 Å². The zero-order chi connectivity index (χ0) is 15.2. The van der Waals surface area contributed by atoms with Crippen LogP contribution < -0.4 is 10.6 Å². The molecule has 0 spiro atoms. The maximum atomic E-state index is 12.4. The number of carbonyl (C=O) groups excluding carboxylic acids is 2. The van der Waals surface area contributed by atoms with Crippen LogP contribution in [0.1, 0.15) is 42.7 Å². The standard InChI is InChI=1S/C15H20N2O3/c1-8(18)17(4)9-5-6-10-11(7-9)12(16)14(20)15(2,3)13(10)19/h5-7,12,14,20H,16H2,1-4H3. The summed E-state index contributed by atoms with van der Waals surface area (Å²) in [7, 11) is 1.65. The average molecular weight is 276 g/mol. The topological polar surface area (TPSA) is 83.6 Å². The summed E-state index contributed by atoms with van der Waals surface area (Å²) in [6.07, 6.45) is -0.944. The Bertz CT molecular complexity index is 580. The molecule has 1 aromatic rings. The number of hydrogen-bond donors (Lipinski definition) is 2. The van der Waals surface area contributed by atoms with E-state index >= 15 is 0 Å². The molecule has 2 rings (SSSR count). The molecular weight excluding hydrogens is 256 g/mol. The first-order chi connectivity index (χ1) is 9.17. The predicted octanol–water partition coefficient (Wildman–Crippen LogP) is 1.25. The van der Waals surface area contributed by atoms with E-state index in [0.29, 0.717) is 16.8 Å². The number of carbonyl (C=O) groups is 2. The van der Waals surface area contributed by atoms with Crippen molar-refractivity contribution in [1.82, 2.24) is 0 Å². The maximum absolute atomic E-state index is 12.4. The Morgan fingerprint density at radius 2 is 2.00 bits per heavy atom. The smallest absolute Gasteiger partial charge is 0.223 e. The molecule has 0 saturated heterocycles. The highest BCUT2D eigenvalue weighted by Gasteiger charge is 2.45. The number of benzene rings is 1. The number of aliphatic hydroxyl groups excluding tert-OH is 1. The van der Waals surface area contributed by atoms with Crippen LogP contribution in [0.15, 0.2) is 18.2 Å². The number of anilines is 1. The fourth-order valence-corrected chi connectivity index (χ4v) is 2.52. The first kappa shape index (κ1) is 14.7. The second-order valence-electron chi connectivity index (χ2n) is 5.87. The lowest BCUT2D eigenvalue weighted by Crippen LogP contribution is -2.48. The second-order valence-corrected chi connectivity index (χ2v) is 5.87. The lowest BCUT2D eigenvalue weighted by Gasteiger charge is -2.39. The summed E-state index contributed by atoms with van der Waals surface area (Å²) in [5.41, 5.74) is 6.94. The van der Waals surface area contributed by atoms with Gasteiger partial charge in [0.15, 0.2) is 5.78 Å². The van der Waals surface area contributed by atoms with Crippen LogP contribution in [0.4, 0.5) is 5.69 Å². The van der Waals surface area contributed by atoms with E-state index in [2.05, 4.69) is 0 Å². The Morgan fingerprint density at radius 3 is 2.55 bits per heavy atom. The van der Waals surface area contributed by atoms with Gasteiger partial charge in [0, 0.05) is 25.2 Å². The summed E-state index contributed by atoms with van der Waals surface area (Å²) in [4.78, 5) is 25.3. The molecule has 5 nitrogen and oxygen atoms in total. The molecule has 0 heterocycles. The molecule has 0 radical (unpaired) electrons. The zero-order valence-corrected chi connectivity index (χ0v) is 12.2.